The lowest BCUT2D eigenvalue weighted by atomic mass is 10.2. The number of carbonyl (C=O) groups is 1. The third kappa shape index (κ3) is 4.34. The van der Waals surface area contributed by atoms with Crippen LogP contribution in [0.1, 0.15) is 10.4 Å². The van der Waals surface area contributed by atoms with Crippen LogP contribution in [0.4, 0.5) is 4.39 Å². The van der Waals surface area contributed by atoms with Crippen LogP contribution in [0.5, 0.6) is 0 Å². The van der Waals surface area contributed by atoms with Gasteiger partial charge in [-0.25, -0.2) is 14.2 Å². The second-order valence-electron chi connectivity index (χ2n) is 4.67. The van der Waals surface area contributed by atoms with E-state index in [1.54, 1.807) is 23.1 Å². The quantitative estimate of drug-likeness (QED) is 0.394. The monoisotopic (exact) mass is 357 g/mol. The van der Waals surface area contributed by atoms with Crippen molar-refractivity contribution < 1.29 is 13.9 Å². The first kappa shape index (κ1) is 16.5. The first-order chi connectivity index (χ1) is 11.7. The summed E-state index contributed by atoms with van der Waals surface area (Å²) in [4.78, 5) is 16.2. The van der Waals surface area contributed by atoms with Gasteiger partial charge in [-0.15, -0.1) is 11.3 Å². The number of thiazole rings is 1. The molecule has 0 atom stereocenters. The van der Waals surface area contributed by atoms with E-state index >= 15 is 0 Å². The van der Waals surface area contributed by atoms with Crippen LogP contribution in [0.15, 0.2) is 52.9 Å². The number of aromatic nitrogens is 1. The molecule has 1 heterocycles. The number of halogens is 1. The van der Waals surface area contributed by atoms with Crippen LogP contribution in [0.2, 0.25) is 0 Å². The number of para-hydroxylation sites is 1. The van der Waals surface area contributed by atoms with Crippen molar-refractivity contribution in [1.82, 2.24) is 4.98 Å². The predicted octanol–water partition coefficient (Wildman–Crippen LogP) is 4.39. The molecule has 0 saturated heterocycles. The molecule has 0 spiro atoms. The molecule has 6 heteroatoms. The molecule has 0 N–H and O–H groups in total. The van der Waals surface area contributed by atoms with Gasteiger partial charge in [0, 0.05) is 0 Å². The molecule has 24 heavy (non-hydrogen) atoms. The van der Waals surface area contributed by atoms with Gasteiger partial charge in [0.05, 0.1) is 21.5 Å². The van der Waals surface area contributed by atoms with Crippen LogP contribution in [0.3, 0.4) is 0 Å². The Morgan fingerprint density at radius 3 is 2.75 bits per heavy atom. The van der Waals surface area contributed by atoms with Gasteiger partial charge in [-0.1, -0.05) is 35.7 Å². The molecule has 0 radical (unpaired) electrons. The Kier molecular flexibility index (Phi) is 5.47. The van der Waals surface area contributed by atoms with Crippen molar-refractivity contribution in [3.63, 3.8) is 0 Å². The summed E-state index contributed by atoms with van der Waals surface area (Å²) >= 11 is 3.19. The standard InChI is InChI=1S/C18H12FNO2S2/c19-14-9-7-13(8-10-14)17(21)22-11-3-4-12-23-18-20-15-5-1-2-6-16(15)24-18/h1-2,5-10H,11-12H2. The predicted molar refractivity (Wildman–Crippen MR) is 94.8 cm³/mol. The van der Waals surface area contributed by atoms with E-state index in [0.29, 0.717) is 11.3 Å². The number of hydrogen-bond donors (Lipinski definition) is 0. The molecular formula is C18H12FNO2S2. The Labute approximate surface area is 146 Å². The molecule has 0 aliphatic carbocycles. The van der Waals surface area contributed by atoms with E-state index in [1.807, 2.05) is 24.3 Å². The normalized spacial score (nSPS) is 10.2. The van der Waals surface area contributed by atoms with E-state index in [9.17, 15) is 9.18 Å². The molecule has 0 aliphatic heterocycles. The first-order valence-electron chi connectivity index (χ1n) is 7.09. The molecule has 3 nitrogen and oxygen atoms in total. The molecule has 0 bridgehead atoms. The van der Waals surface area contributed by atoms with Crippen molar-refractivity contribution in [2.45, 2.75) is 4.34 Å². The first-order valence-corrected chi connectivity index (χ1v) is 8.89. The van der Waals surface area contributed by atoms with Crippen LogP contribution < -0.4 is 0 Å². The van der Waals surface area contributed by atoms with E-state index in [4.69, 9.17) is 4.74 Å². The summed E-state index contributed by atoms with van der Waals surface area (Å²) < 4.78 is 19.9. The molecule has 0 unspecified atom stereocenters. The summed E-state index contributed by atoms with van der Waals surface area (Å²) in [6.45, 7) is 0.0105. The highest BCUT2D eigenvalue weighted by Crippen LogP contribution is 2.28. The summed E-state index contributed by atoms with van der Waals surface area (Å²) in [6.07, 6.45) is 0. The Bertz CT molecular complexity index is 877. The SMILES string of the molecule is O=C(OCC#CCSc1nc2ccccc2s1)c1ccc(F)cc1. The second-order valence-corrected chi connectivity index (χ2v) is 6.93. The van der Waals surface area contributed by atoms with Crippen LogP contribution in [-0.4, -0.2) is 23.3 Å². The van der Waals surface area contributed by atoms with Gasteiger partial charge in [-0.05, 0) is 36.4 Å². The van der Waals surface area contributed by atoms with E-state index in [-0.39, 0.29) is 6.61 Å². The fraction of sp³-hybridized carbons (Fsp3) is 0.111. The van der Waals surface area contributed by atoms with E-state index in [0.717, 1.165) is 14.6 Å². The lowest BCUT2D eigenvalue weighted by Crippen LogP contribution is -2.05. The molecule has 120 valence electrons. The van der Waals surface area contributed by atoms with Gasteiger partial charge in [0.2, 0.25) is 0 Å². The van der Waals surface area contributed by atoms with Gasteiger partial charge in [0.25, 0.3) is 0 Å². The number of benzene rings is 2. The van der Waals surface area contributed by atoms with Gasteiger partial charge in [0.15, 0.2) is 10.9 Å². The minimum atomic E-state index is -0.511. The zero-order chi connectivity index (χ0) is 16.8. The zero-order valence-corrected chi connectivity index (χ0v) is 14.1. The van der Waals surface area contributed by atoms with Gasteiger partial charge in [-0.2, -0.15) is 0 Å². The zero-order valence-electron chi connectivity index (χ0n) is 12.5. The van der Waals surface area contributed by atoms with Crippen LogP contribution in [0, 0.1) is 17.7 Å². The molecule has 3 rings (SSSR count). The smallest absolute Gasteiger partial charge is 0.339 e. The topological polar surface area (TPSA) is 39.2 Å². The highest BCUT2D eigenvalue weighted by atomic mass is 32.2. The van der Waals surface area contributed by atoms with Crippen LogP contribution in [-0.2, 0) is 4.74 Å². The molecule has 0 fully saturated rings. The summed E-state index contributed by atoms with van der Waals surface area (Å²) in [6, 6.07) is 13.2. The number of thioether (sulfide) groups is 1. The highest BCUT2D eigenvalue weighted by molar-refractivity contribution is 8.01. The summed E-state index contributed by atoms with van der Waals surface area (Å²) in [5, 5.41) is 0. The van der Waals surface area contributed by atoms with Gasteiger partial charge in [0.1, 0.15) is 5.82 Å². The largest absolute Gasteiger partial charge is 0.449 e. The average Bonchev–Trinajstić information content (AvgIpc) is 3.01. The molecule has 3 aromatic rings. The summed E-state index contributed by atoms with van der Waals surface area (Å²) in [5.41, 5.74) is 1.30. The van der Waals surface area contributed by atoms with E-state index in [1.165, 1.54) is 24.3 Å². The summed E-state index contributed by atoms with van der Waals surface area (Å²) in [7, 11) is 0. The number of fused-ring (bicyclic) bond motifs is 1. The number of carbonyl (C=O) groups excluding carboxylic acids is 1. The fourth-order valence-corrected chi connectivity index (χ4v) is 3.72. The van der Waals surface area contributed by atoms with Crippen molar-refractivity contribution >= 4 is 39.3 Å². The molecule has 0 amide bonds. The Morgan fingerprint density at radius 2 is 1.96 bits per heavy atom. The third-order valence-corrected chi connectivity index (χ3v) is 5.08. The number of nitrogens with zero attached hydrogens (tertiary/aromatic N) is 1. The van der Waals surface area contributed by atoms with Crippen LogP contribution in [0.25, 0.3) is 10.2 Å². The molecular weight excluding hydrogens is 345 g/mol. The number of hydrogen-bond acceptors (Lipinski definition) is 5. The lowest BCUT2D eigenvalue weighted by Gasteiger charge is -2.00. The maximum atomic E-state index is 12.8. The molecule has 2 aromatic carbocycles. The average molecular weight is 357 g/mol. The number of esters is 1. The minimum absolute atomic E-state index is 0.0105. The van der Waals surface area contributed by atoms with Crippen molar-refractivity contribution in [3.05, 3.63) is 59.9 Å². The maximum absolute atomic E-state index is 12.8. The Balaban J connectivity index is 1.44. The van der Waals surface area contributed by atoms with Gasteiger partial charge >= 0.3 is 5.97 Å². The summed E-state index contributed by atoms with van der Waals surface area (Å²) in [5.74, 6) is 5.40. The molecule has 0 saturated carbocycles. The minimum Gasteiger partial charge on any atom is -0.449 e. The van der Waals surface area contributed by atoms with Crippen molar-refractivity contribution in [3.8, 4) is 11.8 Å². The van der Waals surface area contributed by atoms with Crippen molar-refractivity contribution in [1.29, 1.82) is 0 Å². The van der Waals surface area contributed by atoms with Crippen LogP contribution >= 0.6 is 23.1 Å². The Morgan fingerprint density at radius 1 is 1.17 bits per heavy atom. The maximum Gasteiger partial charge on any atom is 0.339 e. The highest BCUT2D eigenvalue weighted by Gasteiger charge is 2.05. The van der Waals surface area contributed by atoms with Gasteiger partial charge in [-0.3, -0.25) is 0 Å². The Hall–Kier alpha value is -2.36. The van der Waals surface area contributed by atoms with E-state index < -0.39 is 11.8 Å². The molecule has 1 aromatic heterocycles. The lowest BCUT2D eigenvalue weighted by molar-refractivity contribution is 0.0556. The van der Waals surface area contributed by atoms with E-state index in [2.05, 4.69) is 16.8 Å². The molecule has 0 aliphatic rings. The fourth-order valence-electron chi connectivity index (χ4n) is 1.88. The van der Waals surface area contributed by atoms with Crippen molar-refractivity contribution in [2.75, 3.05) is 12.4 Å². The third-order valence-electron chi connectivity index (χ3n) is 3.02. The number of rotatable bonds is 4. The number of ether oxygens (including phenoxy) is 1. The second kappa shape index (κ2) is 7.95. The van der Waals surface area contributed by atoms with Crippen molar-refractivity contribution in [2.24, 2.45) is 0 Å². The van der Waals surface area contributed by atoms with Gasteiger partial charge < -0.3 is 4.74 Å².